The van der Waals surface area contributed by atoms with Crippen LogP contribution in [0, 0.1) is 5.82 Å². The summed E-state index contributed by atoms with van der Waals surface area (Å²) in [4.78, 5) is 10.0. The van der Waals surface area contributed by atoms with Gasteiger partial charge >= 0.3 is 0 Å². The number of hydrogen-bond acceptors (Lipinski definition) is 5. The van der Waals surface area contributed by atoms with E-state index in [9.17, 15) is 4.39 Å². The molecule has 0 unspecified atom stereocenters. The molecule has 0 amide bonds. The average molecular weight is 344 g/mol. The molecule has 0 saturated heterocycles. The Balaban J connectivity index is 2.19. The molecule has 2 aliphatic rings. The topological polar surface area (TPSA) is 80.0 Å². The molecule has 5 nitrogen and oxygen atoms in total. The van der Waals surface area contributed by atoms with Gasteiger partial charge in [-0.2, -0.15) is 4.99 Å². The second kappa shape index (κ2) is 5.59. The summed E-state index contributed by atoms with van der Waals surface area (Å²) < 4.78 is 14.4. The van der Waals surface area contributed by atoms with Crippen molar-refractivity contribution in [2.45, 2.75) is 37.8 Å². The monoisotopic (exact) mass is 343 g/mol. The molecule has 1 aliphatic heterocycles. The van der Waals surface area contributed by atoms with Crippen molar-refractivity contribution in [2.24, 2.45) is 21.5 Å². The van der Waals surface area contributed by atoms with E-state index in [1.54, 1.807) is 4.90 Å². The van der Waals surface area contributed by atoms with Crippen LogP contribution in [-0.2, 0) is 0 Å². The lowest BCUT2D eigenvalue weighted by Gasteiger charge is -2.45. The van der Waals surface area contributed by atoms with Crippen LogP contribution in [0.5, 0.6) is 0 Å². The van der Waals surface area contributed by atoms with Gasteiger partial charge in [-0.25, -0.2) is 9.38 Å². The van der Waals surface area contributed by atoms with Crippen LogP contribution in [0.2, 0.25) is 10.0 Å². The highest BCUT2D eigenvalue weighted by molar-refractivity contribution is 6.44. The van der Waals surface area contributed by atoms with Gasteiger partial charge in [0.1, 0.15) is 17.2 Å². The molecular formula is C14H16Cl2FN5. The quantitative estimate of drug-likeness (QED) is 0.768. The second-order valence-electron chi connectivity index (χ2n) is 5.51. The Morgan fingerprint density at radius 1 is 1.14 bits per heavy atom. The predicted molar refractivity (Wildman–Crippen MR) is 88.0 cm³/mol. The number of hydrogen-bond donors (Lipinski definition) is 2. The number of aliphatic imine (C=N–C) groups is 2. The van der Waals surface area contributed by atoms with Crippen molar-refractivity contribution in [3.63, 3.8) is 0 Å². The lowest BCUT2D eigenvalue weighted by Crippen LogP contribution is -2.58. The average Bonchev–Trinajstić information content (AvgIpc) is 2.47. The van der Waals surface area contributed by atoms with Gasteiger partial charge in [0, 0.05) is 0 Å². The van der Waals surface area contributed by atoms with Crippen LogP contribution in [0.4, 0.5) is 10.1 Å². The Morgan fingerprint density at radius 2 is 1.82 bits per heavy atom. The molecule has 0 atom stereocenters. The lowest BCUT2D eigenvalue weighted by atomic mass is 9.87. The molecule has 1 saturated carbocycles. The molecule has 8 heteroatoms. The first kappa shape index (κ1) is 15.4. The molecule has 1 heterocycles. The minimum absolute atomic E-state index is 0.0810. The fraction of sp³-hybridized carbons (Fsp3) is 0.429. The maximum absolute atomic E-state index is 14.4. The van der Waals surface area contributed by atoms with Crippen LogP contribution in [-0.4, -0.2) is 17.6 Å². The summed E-state index contributed by atoms with van der Waals surface area (Å²) >= 11 is 12.3. The molecule has 0 aromatic heterocycles. The van der Waals surface area contributed by atoms with Crippen LogP contribution in [0.1, 0.15) is 32.1 Å². The van der Waals surface area contributed by atoms with Gasteiger partial charge in [-0.3, -0.25) is 4.90 Å². The first-order valence-corrected chi connectivity index (χ1v) is 7.83. The Bertz CT molecular complexity index is 667. The fourth-order valence-electron chi connectivity index (χ4n) is 3.17. The Morgan fingerprint density at radius 3 is 2.50 bits per heavy atom. The lowest BCUT2D eigenvalue weighted by molar-refractivity contribution is 0.304. The molecule has 4 N–H and O–H groups in total. The third-order valence-electron chi connectivity index (χ3n) is 4.09. The van der Waals surface area contributed by atoms with Crippen molar-refractivity contribution in [3.05, 3.63) is 28.0 Å². The Labute approximate surface area is 137 Å². The van der Waals surface area contributed by atoms with Crippen LogP contribution >= 0.6 is 23.2 Å². The third kappa shape index (κ3) is 2.40. The number of halogens is 3. The van der Waals surface area contributed by atoms with Crippen molar-refractivity contribution < 1.29 is 4.39 Å². The van der Waals surface area contributed by atoms with E-state index >= 15 is 0 Å². The van der Waals surface area contributed by atoms with Crippen LogP contribution < -0.4 is 16.4 Å². The van der Waals surface area contributed by atoms with E-state index < -0.39 is 11.5 Å². The molecule has 1 aromatic rings. The van der Waals surface area contributed by atoms with Gasteiger partial charge in [0.05, 0.1) is 10.0 Å². The minimum Gasteiger partial charge on any atom is -0.369 e. The summed E-state index contributed by atoms with van der Waals surface area (Å²) in [7, 11) is 0. The van der Waals surface area contributed by atoms with Gasteiger partial charge in [0.2, 0.25) is 11.9 Å². The summed E-state index contributed by atoms with van der Waals surface area (Å²) in [5, 5.41) is 0.347. The zero-order valence-electron chi connectivity index (χ0n) is 11.8. The number of guanidine groups is 2. The summed E-state index contributed by atoms with van der Waals surface area (Å²) in [5.74, 6) is -0.333. The standard InChI is InChI=1S/C14H16Cl2FN5/c15-8-4-5-9(17)11(10(8)16)22-13(19)20-12(18)21-14(22)6-2-1-3-7-14/h4-5H,1-3,6-7H2,(H4,18,19,20,21). The highest BCUT2D eigenvalue weighted by atomic mass is 35.5. The normalized spacial score (nSPS) is 20.8. The molecule has 1 aliphatic carbocycles. The molecule has 1 fully saturated rings. The van der Waals surface area contributed by atoms with E-state index in [4.69, 9.17) is 34.7 Å². The molecule has 3 rings (SSSR count). The Kier molecular flexibility index (Phi) is 3.91. The van der Waals surface area contributed by atoms with Gasteiger partial charge in [0.15, 0.2) is 0 Å². The maximum atomic E-state index is 14.4. The van der Waals surface area contributed by atoms with E-state index in [2.05, 4.69) is 9.98 Å². The van der Waals surface area contributed by atoms with E-state index in [-0.39, 0.29) is 27.7 Å². The maximum Gasteiger partial charge on any atom is 0.220 e. The highest BCUT2D eigenvalue weighted by Gasteiger charge is 2.44. The number of nitrogens with two attached hydrogens (primary N) is 2. The van der Waals surface area contributed by atoms with Gasteiger partial charge in [-0.05, 0) is 37.8 Å². The highest BCUT2D eigenvalue weighted by Crippen LogP contribution is 2.44. The van der Waals surface area contributed by atoms with Crippen molar-refractivity contribution >= 4 is 40.8 Å². The number of benzene rings is 1. The summed E-state index contributed by atoms with van der Waals surface area (Å²) in [5.41, 5.74) is 11.2. The zero-order valence-corrected chi connectivity index (χ0v) is 13.3. The first-order valence-electron chi connectivity index (χ1n) is 7.08. The third-order valence-corrected chi connectivity index (χ3v) is 4.89. The van der Waals surface area contributed by atoms with Crippen molar-refractivity contribution in [1.29, 1.82) is 0 Å². The smallest absolute Gasteiger partial charge is 0.220 e. The number of nitrogens with zero attached hydrogens (tertiary/aromatic N) is 3. The largest absolute Gasteiger partial charge is 0.369 e. The number of anilines is 1. The summed E-state index contributed by atoms with van der Waals surface area (Å²) in [6.45, 7) is 0. The number of rotatable bonds is 1. The van der Waals surface area contributed by atoms with Gasteiger partial charge in [0.25, 0.3) is 0 Å². The predicted octanol–water partition coefficient (Wildman–Crippen LogP) is 3.24. The summed E-state index contributed by atoms with van der Waals surface area (Å²) in [6.07, 6.45) is 4.38. The van der Waals surface area contributed by atoms with Crippen LogP contribution in [0.25, 0.3) is 0 Å². The van der Waals surface area contributed by atoms with Crippen molar-refractivity contribution in [2.75, 3.05) is 4.90 Å². The van der Waals surface area contributed by atoms with Crippen molar-refractivity contribution in [3.8, 4) is 0 Å². The minimum atomic E-state index is -0.747. The molecule has 1 aromatic carbocycles. The van der Waals surface area contributed by atoms with Crippen LogP contribution in [0.15, 0.2) is 22.1 Å². The van der Waals surface area contributed by atoms with E-state index in [1.807, 2.05) is 0 Å². The SMILES string of the molecule is NC1=NC2(CCCCC2)N(c2c(F)ccc(Cl)c2Cl)C(N)=N1. The molecular weight excluding hydrogens is 328 g/mol. The van der Waals surface area contributed by atoms with Gasteiger partial charge in [-0.15, -0.1) is 0 Å². The van der Waals surface area contributed by atoms with Gasteiger partial charge < -0.3 is 11.5 Å². The fourth-order valence-corrected chi connectivity index (χ4v) is 3.56. The van der Waals surface area contributed by atoms with E-state index in [0.29, 0.717) is 12.8 Å². The van der Waals surface area contributed by atoms with Gasteiger partial charge in [-0.1, -0.05) is 29.6 Å². The van der Waals surface area contributed by atoms with Crippen molar-refractivity contribution in [1.82, 2.24) is 0 Å². The molecule has 0 bridgehead atoms. The Hall–Kier alpha value is -1.53. The van der Waals surface area contributed by atoms with E-state index in [0.717, 1.165) is 19.3 Å². The first-order chi connectivity index (χ1) is 10.4. The molecule has 22 heavy (non-hydrogen) atoms. The second-order valence-corrected chi connectivity index (χ2v) is 6.30. The van der Waals surface area contributed by atoms with E-state index in [1.165, 1.54) is 12.1 Å². The van der Waals surface area contributed by atoms with Crippen LogP contribution in [0.3, 0.4) is 0 Å². The zero-order chi connectivity index (χ0) is 15.9. The summed E-state index contributed by atoms with van der Waals surface area (Å²) in [6, 6.07) is 2.67. The molecule has 0 radical (unpaired) electrons. The molecule has 118 valence electrons. The molecule has 1 spiro atoms.